The highest BCUT2D eigenvalue weighted by atomic mass is 32.2. The molecule has 0 spiro atoms. The summed E-state index contributed by atoms with van der Waals surface area (Å²) in [5.41, 5.74) is 7.55. The highest BCUT2D eigenvalue weighted by molar-refractivity contribution is 7.89. The number of likely N-dealkylation sites (N-methyl/N-ethyl adjacent to an activating group) is 1. The molecular weight excluding hydrogens is 286 g/mol. The molecule has 1 aliphatic heterocycles. The van der Waals surface area contributed by atoms with Crippen molar-refractivity contribution in [2.45, 2.75) is 37.8 Å². The van der Waals surface area contributed by atoms with Gasteiger partial charge >= 0.3 is 0 Å². The first-order chi connectivity index (χ1) is 9.90. The molecule has 2 rings (SSSR count). The fraction of sp³-hybridized carbons (Fsp3) is 0.600. The van der Waals surface area contributed by atoms with E-state index in [1.165, 1.54) is 0 Å². The third-order valence-corrected chi connectivity index (χ3v) is 6.24. The number of hydrogen-bond acceptors (Lipinski definition) is 4. The van der Waals surface area contributed by atoms with Gasteiger partial charge in [0.05, 0.1) is 4.90 Å². The normalized spacial score (nSPS) is 21.6. The maximum absolute atomic E-state index is 12.8. The molecule has 118 valence electrons. The summed E-state index contributed by atoms with van der Waals surface area (Å²) < 4.78 is 27.2. The molecule has 2 N–H and O–H groups in total. The van der Waals surface area contributed by atoms with Crippen LogP contribution < -0.4 is 5.73 Å². The van der Waals surface area contributed by atoms with Gasteiger partial charge < -0.3 is 10.6 Å². The Kier molecular flexibility index (Phi) is 5.03. The second-order valence-corrected chi connectivity index (χ2v) is 7.64. The topological polar surface area (TPSA) is 66.6 Å². The standard InChI is InChI=1S/C15H25N3O2S/c1-4-14-11-18(8-7-17(14)3)21(19,20)15-6-5-13(10-16)12(2)9-15/h5-6,9,14H,4,7-8,10-11,16H2,1-3H3. The summed E-state index contributed by atoms with van der Waals surface area (Å²) in [6.45, 7) is 6.31. The Morgan fingerprint density at radius 3 is 2.62 bits per heavy atom. The Labute approximate surface area is 127 Å². The quantitative estimate of drug-likeness (QED) is 0.906. The molecule has 6 heteroatoms. The molecule has 1 saturated heterocycles. The average molecular weight is 311 g/mol. The van der Waals surface area contributed by atoms with E-state index in [2.05, 4.69) is 18.9 Å². The van der Waals surface area contributed by atoms with E-state index in [-0.39, 0.29) is 6.04 Å². The molecule has 0 aromatic heterocycles. The third kappa shape index (κ3) is 3.29. The molecule has 1 aromatic carbocycles. The fourth-order valence-electron chi connectivity index (χ4n) is 2.78. The van der Waals surface area contributed by atoms with Crippen molar-refractivity contribution in [3.63, 3.8) is 0 Å². The third-order valence-electron chi connectivity index (χ3n) is 4.38. The molecule has 1 heterocycles. The van der Waals surface area contributed by atoms with Crippen LogP contribution in [0.25, 0.3) is 0 Å². The van der Waals surface area contributed by atoms with E-state index < -0.39 is 10.0 Å². The van der Waals surface area contributed by atoms with Crippen molar-refractivity contribution in [1.29, 1.82) is 0 Å². The minimum atomic E-state index is -3.41. The largest absolute Gasteiger partial charge is 0.326 e. The van der Waals surface area contributed by atoms with Crippen molar-refractivity contribution >= 4 is 10.0 Å². The highest BCUT2D eigenvalue weighted by Crippen LogP contribution is 2.22. The summed E-state index contributed by atoms with van der Waals surface area (Å²) in [5, 5.41) is 0. The van der Waals surface area contributed by atoms with Gasteiger partial charge in [0.1, 0.15) is 0 Å². The van der Waals surface area contributed by atoms with Gasteiger partial charge in [-0.2, -0.15) is 4.31 Å². The van der Waals surface area contributed by atoms with E-state index in [4.69, 9.17) is 5.73 Å². The van der Waals surface area contributed by atoms with E-state index >= 15 is 0 Å². The predicted octanol–water partition coefficient (Wildman–Crippen LogP) is 1.17. The summed E-state index contributed by atoms with van der Waals surface area (Å²) in [4.78, 5) is 2.60. The van der Waals surface area contributed by atoms with E-state index in [0.29, 0.717) is 24.5 Å². The van der Waals surface area contributed by atoms with Gasteiger partial charge in [0, 0.05) is 32.2 Å². The molecule has 0 bridgehead atoms. The molecule has 1 aliphatic rings. The maximum Gasteiger partial charge on any atom is 0.243 e. The monoisotopic (exact) mass is 311 g/mol. The van der Waals surface area contributed by atoms with Crippen LogP contribution in [0, 0.1) is 6.92 Å². The molecule has 5 nitrogen and oxygen atoms in total. The van der Waals surface area contributed by atoms with Crippen molar-refractivity contribution in [1.82, 2.24) is 9.21 Å². The lowest BCUT2D eigenvalue weighted by Crippen LogP contribution is -2.52. The van der Waals surface area contributed by atoms with Crippen LogP contribution in [-0.2, 0) is 16.6 Å². The smallest absolute Gasteiger partial charge is 0.243 e. The van der Waals surface area contributed by atoms with E-state index in [1.54, 1.807) is 16.4 Å². The summed E-state index contributed by atoms with van der Waals surface area (Å²) in [6, 6.07) is 5.51. The Morgan fingerprint density at radius 2 is 2.05 bits per heavy atom. The molecule has 0 radical (unpaired) electrons. The van der Waals surface area contributed by atoms with E-state index in [9.17, 15) is 8.42 Å². The van der Waals surface area contributed by atoms with Gasteiger partial charge in [-0.05, 0) is 43.7 Å². The van der Waals surface area contributed by atoms with Crippen LogP contribution in [0.1, 0.15) is 24.5 Å². The summed E-state index contributed by atoms with van der Waals surface area (Å²) >= 11 is 0. The van der Waals surface area contributed by atoms with Crippen molar-refractivity contribution in [2.24, 2.45) is 5.73 Å². The van der Waals surface area contributed by atoms with Gasteiger partial charge in [-0.3, -0.25) is 0 Å². The Bertz CT molecular complexity index is 601. The van der Waals surface area contributed by atoms with Crippen LogP contribution in [0.4, 0.5) is 0 Å². The van der Waals surface area contributed by atoms with Crippen LogP contribution in [-0.4, -0.2) is 50.3 Å². The lowest BCUT2D eigenvalue weighted by Gasteiger charge is -2.38. The van der Waals surface area contributed by atoms with E-state index in [0.717, 1.165) is 24.1 Å². The summed E-state index contributed by atoms with van der Waals surface area (Å²) in [5.74, 6) is 0. The van der Waals surface area contributed by atoms with Gasteiger partial charge in [-0.15, -0.1) is 0 Å². The maximum atomic E-state index is 12.8. The zero-order valence-electron chi connectivity index (χ0n) is 13.0. The molecular formula is C15H25N3O2S. The Balaban J connectivity index is 2.27. The number of aryl methyl sites for hydroxylation is 1. The van der Waals surface area contributed by atoms with Crippen LogP contribution in [0.2, 0.25) is 0 Å². The minimum absolute atomic E-state index is 0.290. The van der Waals surface area contributed by atoms with Crippen LogP contribution in [0.3, 0.4) is 0 Å². The van der Waals surface area contributed by atoms with Crippen LogP contribution in [0.15, 0.2) is 23.1 Å². The summed E-state index contributed by atoms with van der Waals surface area (Å²) in [6.07, 6.45) is 0.952. The van der Waals surface area contributed by atoms with E-state index in [1.807, 2.05) is 13.0 Å². The molecule has 1 atom stereocenters. The minimum Gasteiger partial charge on any atom is -0.326 e. The lowest BCUT2D eigenvalue weighted by molar-refractivity contribution is 0.144. The van der Waals surface area contributed by atoms with Gasteiger partial charge in [0.25, 0.3) is 0 Å². The number of rotatable bonds is 4. The van der Waals surface area contributed by atoms with Crippen LogP contribution >= 0.6 is 0 Å². The zero-order valence-corrected chi connectivity index (χ0v) is 13.9. The first-order valence-corrected chi connectivity index (χ1v) is 8.84. The van der Waals surface area contributed by atoms with Crippen LogP contribution in [0.5, 0.6) is 0 Å². The van der Waals surface area contributed by atoms with Crippen molar-refractivity contribution in [2.75, 3.05) is 26.7 Å². The van der Waals surface area contributed by atoms with Gasteiger partial charge in [-0.1, -0.05) is 13.0 Å². The Hall–Kier alpha value is -0.950. The Morgan fingerprint density at radius 1 is 1.33 bits per heavy atom. The SMILES string of the molecule is CCC1CN(S(=O)(=O)c2ccc(CN)c(C)c2)CCN1C. The van der Waals surface area contributed by atoms with Crippen molar-refractivity contribution in [3.05, 3.63) is 29.3 Å². The fourth-order valence-corrected chi connectivity index (χ4v) is 4.34. The van der Waals surface area contributed by atoms with Crippen molar-refractivity contribution in [3.8, 4) is 0 Å². The average Bonchev–Trinajstić information content (AvgIpc) is 2.47. The molecule has 0 saturated carbocycles. The number of hydrogen-bond donors (Lipinski definition) is 1. The predicted molar refractivity (Wildman–Crippen MR) is 84.5 cm³/mol. The second-order valence-electron chi connectivity index (χ2n) is 5.70. The lowest BCUT2D eigenvalue weighted by atomic mass is 10.1. The first kappa shape index (κ1) is 16.4. The van der Waals surface area contributed by atoms with Gasteiger partial charge in [0.2, 0.25) is 10.0 Å². The molecule has 0 amide bonds. The molecule has 1 fully saturated rings. The van der Waals surface area contributed by atoms with Gasteiger partial charge in [-0.25, -0.2) is 8.42 Å². The molecule has 21 heavy (non-hydrogen) atoms. The van der Waals surface area contributed by atoms with Gasteiger partial charge in [0.15, 0.2) is 0 Å². The number of benzene rings is 1. The number of nitrogens with zero attached hydrogens (tertiary/aromatic N) is 2. The zero-order chi connectivity index (χ0) is 15.6. The van der Waals surface area contributed by atoms with Crippen molar-refractivity contribution < 1.29 is 8.42 Å². The molecule has 1 unspecified atom stereocenters. The molecule has 0 aliphatic carbocycles. The number of piperazine rings is 1. The number of sulfonamides is 1. The number of nitrogens with two attached hydrogens (primary N) is 1. The highest BCUT2D eigenvalue weighted by Gasteiger charge is 2.32. The summed E-state index contributed by atoms with van der Waals surface area (Å²) in [7, 11) is -1.36. The second kappa shape index (κ2) is 6.44. The molecule has 1 aromatic rings. The first-order valence-electron chi connectivity index (χ1n) is 7.40.